The molecule has 0 aromatic heterocycles. The number of benzene rings is 2. The molecule has 0 N–H and O–H groups in total. The molecule has 0 saturated carbocycles. The van der Waals surface area contributed by atoms with Gasteiger partial charge in [0.25, 0.3) is 0 Å². The summed E-state index contributed by atoms with van der Waals surface area (Å²) in [5.41, 5.74) is 11.9. The van der Waals surface area contributed by atoms with Crippen molar-refractivity contribution in [3.05, 3.63) is 39.9 Å². The first-order valence-electron chi connectivity index (χ1n) is 12.1. The minimum Gasteiger partial charge on any atom is -0.309 e. The van der Waals surface area contributed by atoms with E-state index < -0.39 is 0 Å². The molecule has 4 rings (SSSR count). The average Bonchev–Trinajstić information content (AvgIpc) is 3.07. The van der Waals surface area contributed by atoms with E-state index in [2.05, 4.69) is 104 Å². The van der Waals surface area contributed by atoms with Crippen LogP contribution in [0.15, 0.2) is 18.2 Å². The molecule has 1 aliphatic carbocycles. The van der Waals surface area contributed by atoms with Crippen molar-refractivity contribution in [2.24, 2.45) is 0 Å². The topological polar surface area (TPSA) is 6.48 Å². The molecule has 2 nitrogen and oxygen atoms in total. The van der Waals surface area contributed by atoms with Crippen LogP contribution in [-0.2, 0) is 0 Å². The number of hydrogen-bond donors (Lipinski definition) is 0. The Labute approximate surface area is 206 Å². The summed E-state index contributed by atoms with van der Waals surface area (Å²) in [7, 11) is 18.6. The van der Waals surface area contributed by atoms with Crippen LogP contribution < -0.4 is 27.3 Å². The van der Waals surface area contributed by atoms with E-state index in [1.165, 1.54) is 38.4 Å². The van der Waals surface area contributed by atoms with Crippen molar-refractivity contribution < 1.29 is 0 Å². The summed E-state index contributed by atoms with van der Waals surface area (Å²) in [4.78, 5) is 5.30. The van der Waals surface area contributed by atoms with Gasteiger partial charge in [-0.05, 0) is 55.9 Å². The van der Waals surface area contributed by atoms with Gasteiger partial charge in [0.05, 0.1) is 0 Å². The zero-order valence-electron chi connectivity index (χ0n) is 21.8. The summed E-state index contributed by atoms with van der Waals surface area (Å²) in [6.45, 7) is 6.90. The largest absolute Gasteiger partial charge is 0.309 e. The fourth-order valence-corrected chi connectivity index (χ4v) is 6.78. The summed E-state index contributed by atoms with van der Waals surface area (Å²) in [5.74, 6) is 0.427. The van der Waals surface area contributed by atoms with E-state index in [0.29, 0.717) is 12.0 Å². The van der Waals surface area contributed by atoms with Crippen molar-refractivity contribution in [1.29, 1.82) is 0 Å². The first-order valence-corrected chi connectivity index (χ1v) is 12.5. The maximum atomic E-state index is 6.56. The van der Waals surface area contributed by atoms with Crippen LogP contribution in [0.1, 0.15) is 48.9 Å². The maximum absolute atomic E-state index is 6.56. The Hall–Kier alpha value is -0.895. The van der Waals surface area contributed by atoms with Gasteiger partial charge in [0, 0.05) is 35.6 Å². The first-order chi connectivity index (χ1) is 14.8. The highest BCUT2D eigenvalue weighted by molar-refractivity contribution is 6.67. The second-order valence-corrected chi connectivity index (χ2v) is 12.1. The SMILES string of the molecule is Bc1c(B)c(B)c([C@@H]2C[C@@H](N3CC(B)(B)N(C)C(C)(C)C3)c3cc(Cl)ccc32)c(B)c1B. The van der Waals surface area contributed by atoms with E-state index in [4.69, 9.17) is 11.6 Å². The Morgan fingerprint density at radius 1 is 0.875 bits per heavy atom. The smallest absolute Gasteiger partial charge is 0.138 e. The van der Waals surface area contributed by atoms with Crippen molar-refractivity contribution in [2.45, 2.75) is 43.1 Å². The normalized spacial score (nSPS) is 25.0. The van der Waals surface area contributed by atoms with E-state index in [0.717, 1.165) is 24.5 Å². The van der Waals surface area contributed by atoms with E-state index in [1.54, 1.807) is 5.56 Å². The molecule has 32 heavy (non-hydrogen) atoms. The first kappa shape index (κ1) is 24.2. The number of halogens is 1. The van der Waals surface area contributed by atoms with Gasteiger partial charge in [-0.15, -0.1) is 16.4 Å². The molecule has 2 aromatic carbocycles. The Bertz CT molecular complexity index is 1040. The summed E-state index contributed by atoms with van der Waals surface area (Å²) < 4.78 is 0. The van der Waals surface area contributed by atoms with Crippen LogP contribution in [0.3, 0.4) is 0 Å². The highest BCUT2D eigenvalue weighted by atomic mass is 35.5. The van der Waals surface area contributed by atoms with Crippen LogP contribution in [0.4, 0.5) is 0 Å². The molecular weight excluding hydrogens is 403 g/mol. The van der Waals surface area contributed by atoms with Gasteiger partial charge < -0.3 is 4.90 Å². The van der Waals surface area contributed by atoms with Gasteiger partial charge in [-0.25, -0.2) is 0 Å². The molecule has 0 amide bonds. The third-order valence-corrected chi connectivity index (χ3v) is 9.32. The van der Waals surface area contributed by atoms with E-state index in [1.807, 2.05) is 0 Å². The monoisotopic (exact) mass is 438 g/mol. The molecule has 1 heterocycles. The van der Waals surface area contributed by atoms with Crippen LogP contribution in [0.2, 0.25) is 5.02 Å². The molecule has 2 aliphatic rings. The fraction of sp³-hybridized carbons (Fsp3) is 0.455. The lowest BCUT2D eigenvalue weighted by Gasteiger charge is -2.57. The predicted molar refractivity (Wildman–Crippen MR) is 161 cm³/mol. The number of piperazine rings is 1. The summed E-state index contributed by atoms with van der Waals surface area (Å²) >= 11 is 6.56. The number of rotatable bonds is 2. The number of nitrogens with zero attached hydrogens (tertiary/aromatic N) is 2. The molecule has 0 unspecified atom stereocenters. The van der Waals surface area contributed by atoms with Gasteiger partial charge in [0.15, 0.2) is 0 Å². The lowest BCUT2D eigenvalue weighted by Crippen LogP contribution is -2.70. The highest BCUT2D eigenvalue weighted by Crippen LogP contribution is 2.48. The van der Waals surface area contributed by atoms with Crippen molar-refractivity contribution in [1.82, 2.24) is 9.80 Å². The fourth-order valence-electron chi connectivity index (χ4n) is 6.60. The lowest BCUT2D eigenvalue weighted by molar-refractivity contribution is -0.0143. The third kappa shape index (κ3) is 3.77. The summed E-state index contributed by atoms with van der Waals surface area (Å²) in [5, 5.41) is 0.980. The Balaban J connectivity index is 1.83. The molecule has 1 fully saturated rings. The zero-order chi connectivity index (χ0) is 23.7. The van der Waals surface area contributed by atoms with Gasteiger partial charge in [-0.3, -0.25) is 4.90 Å². The molecule has 2 atom stereocenters. The maximum Gasteiger partial charge on any atom is 0.138 e. The molecule has 160 valence electrons. The molecule has 1 saturated heterocycles. The van der Waals surface area contributed by atoms with Gasteiger partial charge in [0.2, 0.25) is 0 Å². The number of likely N-dealkylation sites (N-methyl/N-ethyl adjacent to an activating group) is 1. The van der Waals surface area contributed by atoms with E-state index >= 15 is 0 Å². The van der Waals surface area contributed by atoms with Crippen LogP contribution in [-0.4, -0.2) is 95.7 Å². The molecule has 0 bridgehead atoms. The molecule has 2 aromatic rings. The van der Waals surface area contributed by atoms with Crippen molar-refractivity contribution >= 4 is 93.8 Å². The third-order valence-electron chi connectivity index (χ3n) is 9.09. The van der Waals surface area contributed by atoms with Crippen molar-refractivity contribution in [2.75, 3.05) is 20.1 Å². The summed E-state index contributed by atoms with van der Waals surface area (Å²) in [6, 6.07) is 7.05. The Morgan fingerprint density at radius 2 is 1.44 bits per heavy atom. The van der Waals surface area contributed by atoms with Crippen LogP contribution >= 0.6 is 11.6 Å². The Kier molecular flexibility index (Phi) is 6.14. The van der Waals surface area contributed by atoms with E-state index in [9.17, 15) is 0 Å². The zero-order valence-corrected chi connectivity index (χ0v) is 22.5. The molecular formula is C22H34B7ClN2. The quantitative estimate of drug-likeness (QED) is 0.432. The molecule has 0 spiro atoms. The lowest BCUT2D eigenvalue weighted by atomic mass is 9.57. The van der Waals surface area contributed by atoms with Gasteiger partial charge in [0.1, 0.15) is 54.9 Å². The van der Waals surface area contributed by atoms with Crippen LogP contribution in [0.5, 0.6) is 0 Å². The summed E-state index contributed by atoms with van der Waals surface area (Å²) in [6.07, 6.45) is 1.13. The van der Waals surface area contributed by atoms with Gasteiger partial charge >= 0.3 is 0 Å². The molecule has 10 heteroatoms. The van der Waals surface area contributed by atoms with Crippen LogP contribution in [0, 0.1) is 0 Å². The second-order valence-electron chi connectivity index (χ2n) is 11.7. The van der Waals surface area contributed by atoms with Gasteiger partial charge in [-0.2, -0.15) is 0 Å². The van der Waals surface area contributed by atoms with E-state index in [-0.39, 0.29) is 10.9 Å². The average molecular weight is 438 g/mol. The Morgan fingerprint density at radius 3 is 2.00 bits per heavy atom. The number of hydrogen-bond acceptors (Lipinski definition) is 2. The van der Waals surface area contributed by atoms with Crippen molar-refractivity contribution in [3.8, 4) is 0 Å². The molecule has 0 radical (unpaired) electrons. The van der Waals surface area contributed by atoms with Gasteiger partial charge in [-0.1, -0.05) is 34.2 Å². The second kappa shape index (κ2) is 8.10. The minimum atomic E-state index is 0.126. The van der Waals surface area contributed by atoms with Crippen molar-refractivity contribution in [3.63, 3.8) is 0 Å². The minimum absolute atomic E-state index is 0.126. The van der Waals surface area contributed by atoms with Crippen LogP contribution in [0.25, 0.3) is 0 Å². The highest BCUT2D eigenvalue weighted by Gasteiger charge is 2.46. The predicted octanol–water partition coefficient (Wildman–Crippen LogP) is -5.85. The number of fused-ring (bicyclic) bond motifs is 1. The molecule has 1 aliphatic heterocycles. The standard InChI is InChI=1S/C22H34B7ClN2/c1-21(2)8-32(9-22(28,29)31(21)3)14-7-13(11-5-4-10(30)6-12(11)14)15-16(23)18(25)20(27)19(26)17(15)24/h4-6,13-14H,7-9,23-29H2,1-3H3/t13-,14-/m1/s1.